The molecule has 0 atom stereocenters. The van der Waals surface area contributed by atoms with E-state index in [0.29, 0.717) is 16.9 Å². The Balaban J connectivity index is 2.07. The van der Waals surface area contributed by atoms with Crippen molar-refractivity contribution in [3.8, 4) is 0 Å². The molecule has 0 spiro atoms. The summed E-state index contributed by atoms with van der Waals surface area (Å²) in [6.45, 7) is 2.80. The van der Waals surface area contributed by atoms with Crippen molar-refractivity contribution in [2.45, 2.75) is 20.4 Å². The van der Waals surface area contributed by atoms with Crippen molar-refractivity contribution < 1.29 is 14.5 Å². The monoisotopic (exact) mass is 302 g/mol. The SMILES string of the molecule is CC(=O)c1ccc(NC(=O)Cn2nc(C)cc2[N+](=O)[O-])cc1. The molecule has 0 fully saturated rings. The lowest BCUT2D eigenvalue weighted by Crippen LogP contribution is -2.20. The van der Waals surface area contributed by atoms with E-state index in [-0.39, 0.29) is 18.1 Å². The number of carbonyl (C=O) groups excluding carboxylic acids is 2. The van der Waals surface area contributed by atoms with Gasteiger partial charge in [0.2, 0.25) is 0 Å². The van der Waals surface area contributed by atoms with Crippen LogP contribution in [0.25, 0.3) is 0 Å². The van der Waals surface area contributed by atoms with Crippen molar-refractivity contribution >= 4 is 23.2 Å². The third-order valence-corrected chi connectivity index (χ3v) is 2.94. The number of carbonyl (C=O) groups is 2. The van der Waals surface area contributed by atoms with Crippen LogP contribution in [-0.2, 0) is 11.3 Å². The number of anilines is 1. The van der Waals surface area contributed by atoms with Gasteiger partial charge in [0, 0.05) is 11.3 Å². The van der Waals surface area contributed by atoms with Crippen LogP contribution in [0.3, 0.4) is 0 Å². The van der Waals surface area contributed by atoms with E-state index in [0.717, 1.165) is 4.68 Å². The minimum atomic E-state index is -0.588. The zero-order valence-corrected chi connectivity index (χ0v) is 12.1. The number of hydrogen-bond acceptors (Lipinski definition) is 5. The summed E-state index contributed by atoms with van der Waals surface area (Å²) < 4.78 is 1.04. The fourth-order valence-electron chi connectivity index (χ4n) is 1.92. The molecule has 2 aromatic rings. The summed E-state index contributed by atoms with van der Waals surface area (Å²) in [6.07, 6.45) is 0. The number of ketones is 1. The van der Waals surface area contributed by atoms with Crippen molar-refractivity contribution in [2.75, 3.05) is 5.32 Å². The second-order valence-electron chi connectivity index (χ2n) is 4.74. The molecule has 1 amide bonds. The van der Waals surface area contributed by atoms with Gasteiger partial charge in [-0.25, -0.2) is 0 Å². The number of nitrogens with one attached hydrogen (secondary N) is 1. The standard InChI is InChI=1S/C14H14N4O4/c1-9-7-14(18(21)22)17(16-9)8-13(20)15-12-5-3-11(4-6-12)10(2)19/h3-7H,8H2,1-2H3,(H,15,20). The van der Waals surface area contributed by atoms with Crippen LogP contribution in [0.5, 0.6) is 0 Å². The van der Waals surface area contributed by atoms with Crippen molar-refractivity contribution in [1.82, 2.24) is 9.78 Å². The molecule has 0 bridgehead atoms. The smallest absolute Gasteiger partial charge is 0.345 e. The van der Waals surface area contributed by atoms with Gasteiger partial charge in [-0.15, -0.1) is 4.68 Å². The van der Waals surface area contributed by atoms with Crippen LogP contribution in [-0.4, -0.2) is 26.4 Å². The van der Waals surface area contributed by atoms with Gasteiger partial charge in [0.25, 0.3) is 5.91 Å². The summed E-state index contributed by atoms with van der Waals surface area (Å²) in [7, 11) is 0. The summed E-state index contributed by atoms with van der Waals surface area (Å²) in [4.78, 5) is 33.4. The highest BCUT2D eigenvalue weighted by Gasteiger charge is 2.19. The van der Waals surface area contributed by atoms with Crippen LogP contribution in [0, 0.1) is 17.0 Å². The van der Waals surface area contributed by atoms with Gasteiger partial charge in [0.05, 0.1) is 11.8 Å². The third-order valence-electron chi connectivity index (χ3n) is 2.94. The van der Waals surface area contributed by atoms with Crippen LogP contribution in [0.2, 0.25) is 0 Å². The van der Waals surface area contributed by atoms with Gasteiger partial charge in [-0.3, -0.25) is 9.59 Å². The molecule has 2 rings (SSSR count). The van der Waals surface area contributed by atoms with Crippen molar-refractivity contribution in [3.05, 3.63) is 51.7 Å². The number of nitrogens with zero attached hydrogens (tertiary/aromatic N) is 3. The first-order chi connectivity index (χ1) is 10.4. The highest BCUT2D eigenvalue weighted by Crippen LogP contribution is 2.14. The molecule has 0 unspecified atom stereocenters. The maximum absolute atomic E-state index is 11.9. The number of hydrogen-bond donors (Lipinski definition) is 1. The van der Waals surface area contributed by atoms with Crippen LogP contribution >= 0.6 is 0 Å². The molecule has 0 saturated carbocycles. The maximum Gasteiger partial charge on any atom is 0.345 e. The van der Waals surface area contributed by atoms with Crippen molar-refractivity contribution in [1.29, 1.82) is 0 Å². The molecule has 8 nitrogen and oxygen atoms in total. The van der Waals surface area contributed by atoms with Gasteiger partial charge in [0.15, 0.2) is 12.3 Å². The molecule has 0 aliphatic rings. The minimum Gasteiger partial charge on any atom is -0.358 e. The number of benzene rings is 1. The molecular formula is C14H14N4O4. The summed E-state index contributed by atoms with van der Waals surface area (Å²) in [5.41, 5.74) is 1.50. The number of aromatic nitrogens is 2. The second kappa shape index (κ2) is 6.17. The van der Waals surface area contributed by atoms with E-state index in [1.807, 2.05) is 0 Å². The molecule has 114 valence electrons. The normalized spacial score (nSPS) is 10.3. The van der Waals surface area contributed by atoms with Gasteiger partial charge in [0.1, 0.15) is 0 Å². The van der Waals surface area contributed by atoms with Gasteiger partial charge < -0.3 is 15.4 Å². The molecule has 0 aliphatic heterocycles. The zero-order valence-electron chi connectivity index (χ0n) is 12.1. The Labute approximate surface area is 125 Å². The van der Waals surface area contributed by atoms with E-state index in [1.165, 1.54) is 13.0 Å². The molecule has 1 heterocycles. The quantitative estimate of drug-likeness (QED) is 0.516. The molecule has 1 aromatic heterocycles. The number of nitro groups is 1. The van der Waals surface area contributed by atoms with E-state index >= 15 is 0 Å². The lowest BCUT2D eigenvalue weighted by Gasteiger charge is -2.04. The predicted octanol–water partition coefficient (Wildman–Crippen LogP) is 1.94. The van der Waals surface area contributed by atoms with Crippen molar-refractivity contribution in [2.24, 2.45) is 0 Å². The topological polar surface area (TPSA) is 107 Å². The first-order valence-corrected chi connectivity index (χ1v) is 6.46. The lowest BCUT2D eigenvalue weighted by molar-refractivity contribution is -0.392. The van der Waals surface area contributed by atoms with E-state index in [4.69, 9.17) is 0 Å². The highest BCUT2D eigenvalue weighted by atomic mass is 16.6. The Bertz CT molecular complexity index is 734. The molecule has 1 N–H and O–H groups in total. The Morgan fingerprint density at radius 1 is 1.32 bits per heavy atom. The first-order valence-electron chi connectivity index (χ1n) is 6.46. The zero-order chi connectivity index (χ0) is 16.3. The predicted molar refractivity (Wildman–Crippen MR) is 78.7 cm³/mol. The molecular weight excluding hydrogens is 288 g/mol. The number of rotatable bonds is 5. The summed E-state index contributed by atoms with van der Waals surface area (Å²) in [6, 6.07) is 7.68. The summed E-state index contributed by atoms with van der Waals surface area (Å²) in [5, 5.41) is 17.4. The number of aryl methyl sites for hydroxylation is 1. The number of amides is 1. The first kappa shape index (κ1) is 15.4. The van der Waals surface area contributed by atoms with Gasteiger partial charge in [-0.05, 0) is 43.0 Å². The maximum atomic E-state index is 11.9. The third kappa shape index (κ3) is 3.54. The van der Waals surface area contributed by atoms with Crippen molar-refractivity contribution in [3.63, 3.8) is 0 Å². The molecule has 0 aliphatic carbocycles. The summed E-state index contributed by atoms with van der Waals surface area (Å²) in [5.74, 6) is -0.748. The van der Waals surface area contributed by atoms with Gasteiger partial charge in [-0.2, -0.15) is 0 Å². The Kier molecular flexibility index (Phi) is 4.31. The fourth-order valence-corrected chi connectivity index (χ4v) is 1.92. The molecule has 0 saturated heterocycles. The van der Waals surface area contributed by atoms with Gasteiger partial charge >= 0.3 is 5.82 Å². The van der Waals surface area contributed by atoms with Crippen LogP contribution in [0.4, 0.5) is 11.5 Å². The average Bonchev–Trinajstić information content (AvgIpc) is 2.80. The summed E-state index contributed by atoms with van der Waals surface area (Å²) >= 11 is 0. The average molecular weight is 302 g/mol. The highest BCUT2D eigenvalue weighted by molar-refractivity contribution is 5.95. The Hall–Kier alpha value is -3.03. The van der Waals surface area contributed by atoms with E-state index in [1.54, 1.807) is 31.2 Å². The van der Waals surface area contributed by atoms with Crippen LogP contribution in [0.15, 0.2) is 30.3 Å². The molecule has 0 radical (unpaired) electrons. The van der Waals surface area contributed by atoms with E-state index in [9.17, 15) is 19.7 Å². The van der Waals surface area contributed by atoms with E-state index < -0.39 is 10.8 Å². The number of Topliss-reactive ketones (excluding diaryl/α,β-unsaturated/α-hetero) is 1. The molecule has 1 aromatic carbocycles. The minimum absolute atomic E-state index is 0.0690. The second-order valence-corrected chi connectivity index (χ2v) is 4.74. The molecule has 22 heavy (non-hydrogen) atoms. The molecule has 8 heteroatoms. The lowest BCUT2D eigenvalue weighted by atomic mass is 10.1. The Morgan fingerprint density at radius 3 is 2.50 bits per heavy atom. The largest absolute Gasteiger partial charge is 0.358 e. The van der Waals surface area contributed by atoms with E-state index in [2.05, 4.69) is 10.4 Å². The van der Waals surface area contributed by atoms with Gasteiger partial charge in [-0.1, -0.05) is 5.10 Å². The Morgan fingerprint density at radius 2 is 1.95 bits per heavy atom. The van der Waals surface area contributed by atoms with Crippen LogP contribution in [0.1, 0.15) is 23.0 Å². The van der Waals surface area contributed by atoms with Crippen LogP contribution < -0.4 is 5.32 Å². The fraction of sp³-hybridized carbons (Fsp3) is 0.214.